The molecule has 1 fully saturated rings. The third-order valence-electron chi connectivity index (χ3n) is 3.12. The van der Waals surface area contributed by atoms with E-state index in [9.17, 15) is 23.2 Å². The molecule has 0 bridgehead atoms. The quantitative estimate of drug-likeness (QED) is 0.798. The van der Waals surface area contributed by atoms with Crippen LogP contribution in [-0.2, 0) is 20.8 Å². The molecule has 5 nitrogen and oxygen atoms in total. The molecule has 0 saturated carbocycles. The summed E-state index contributed by atoms with van der Waals surface area (Å²) in [6.07, 6.45) is -0.408. The molecule has 1 unspecified atom stereocenters. The predicted octanol–water partition coefficient (Wildman–Crippen LogP) is 0.381. The Kier molecular flexibility index (Phi) is 3.78. The molecular formula is C13H12F2N2O3. The van der Waals surface area contributed by atoms with Crippen LogP contribution in [0.25, 0.3) is 0 Å². The first-order valence-electron chi connectivity index (χ1n) is 5.96. The minimum absolute atomic E-state index is 0.111. The molecule has 1 aliphatic rings. The van der Waals surface area contributed by atoms with Crippen molar-refractivity contribution in [3.8, 4) is 0 Å². The van der Waals surface area contributed by atoms with Crippen LogP contribution in [0.4, 0.5) is 8.78 Å². The molecule has 0 aliphatic carbocycles. The number of halogens is 2. The standard InChI is InChI=1S/C13H12F2N2O3/c1-7-13(20)16-10(18)6-17(7)11(19)5-8-3-2-4-9(14)12(8)15/h2-4,7H,5-6H2,1H3,(H,16,18,20). The summed E-state index contributed by atoms with van der Waals surface area (Å²) in [6, 6.07) is 2.70. The highest BCUT2D eigenvalue weighted by atomic mass is 19.2. The van der Waals surface area contributed by atoms with Gasteiger partial charge in [0, 0.05) is 5.56 Å². The van der Waals surface area contributed by atoms with Crippen molar-refractivity contribution in [2.45, 2.75) is 19.4 Å². The lowest BCUT2D eigenvalue weighted by Crippen LogP contribution is -2.58. The van der Waals surface area contributed by atoms with Gasteiger partial charge in [-0.15, -0.1) is 0 Å². The first-order valence-corrected chi connectivity index (χ1v) is 5.96. The second kappa shape index (κ2) is 5.36. The fourth-order valence-corrected chi connectivity index (χ4v) is 1.97. The molecule has 2 rings (SSSR count). The van der Waals surface area contributed by atoms with Gasteiger partial charge in [-0.1, -0.05) is 12.1 Å². The van der Waals surface area contributed by atoms with Gasteiger partial charge in [-0.2, -0.15) is 0 Å². The lowest BCUT2D eigenvalue weighted by atomic mass is 10.1. The summed E-state index contributed by atoms with van der Waals surface area (Å²) in [5.74, 6) is -3.93. The highest BCUT2D eigenvalue weighted by Gasteiger charge is 2.33. The fourth-order valence-electron chi connectivity index (χ4n) is 1.97. The number of carbonyl (C=O) groups excluding carboxylic acids is 3. The van der Waals surface area contributed by atoms with Crippen LogP contribution < -0.4 is 5.32 Å². The van der Waals surface area contributed by atoms with Crippen molar-refractivity contribution in [1.29, 1.82) is 0 Å². The molecule has 1 atom stereocenters. The average Bonchev–Trinajstić information content (AvgIpc) is 2.39. The van der Waals surface area contributed by atoms with E-state index < -0.39 is 41.8 Å². The highest BCUT2D eigenvalue weighted by Crippen LogP contribution is 2.14. The smallest absolute Gasteiger partial charge is 0.249 e. The lowest BCUT2D eigenvalue weighted by Gasteiger charge is -2.31. The minimum Gasteiger partial charge on any atom is -0.321 e. The van der Waals surface area contributed by atoms with Gasteiger partial charge in [0.15, 0.2) is 11.6 Å². The molecule has 106 valence electrons. The number of rotatable bonds is 2. The van der Waals surface area contributed by atoms with E-state index in [-0.39, 0.29) is 12.1 Å². The number of hydrogen-bond donors (Lipinski definition) is 1. The SMILES string of the molecule is CC1C(=O)NC(=O)CN1C(=O)Cc1cccc(F)c1F. The first kappa shape index (κ1) is 14.1. The van der Waals surface area contributed by atoms with Crippen molar-refractivity contribution in [1.82, 2.24) is 10.2 Å². The minimum atomic E-state index is -1.10. The van der Waals surface area contributed by atoms with Crippen molar-refractivity contribution in [2.24, 2.45) is 0 Å². The summed E-state index contributed by atoms with van der Waals surface area (Å²) in [5, 5.41) is 2.09. The topological polar surface area (TPSA) is 66.5 Å². The van der Waals surface area contributed by atoms with Gasteiger partial charge >= 0.3 is 0 Å². The van der Waals surface area contributed by atoms with E-state index in [1.165, 1.54) is 19.1 Å². The number of benzene rings is 1. The Bertz CT molecular complexity index is 589. The third kappa shape index (κ3) is 2.66. The van der Waals surface area contributed by atoms with Crippen molar-refractivity contribution in [2.75, 3.05) is 6.54 Å². The van der Waals surface area contributed by atoms with Gasteiger partial charge in [-0.3, -0.25) is 19.7 Å². The molecule has 1 aliphatic heterocycles. The van der Waals surface area contributed by atoms with Gasteiger partial charge in [-0.25, -0.2) is 8.78 Å². The summed E-state index contributed by atoms with van der Waals surface area (Å²) >= 11 is 0. The number of imide groups is 1. The number of nitrogens with zero attached hydrogens (tertiary/aromatic N) is 1. The molecule has 3 amide bonds. The zero-order valence-electron chi connectivity index (χ0n) is 10.7. The summed E-state index contributed by atoms with van der Waals surface area (Å²) in [7, 11) is 0. The maximum Gasteiger partial charge on any atom is 0.249 e. The van der Waals surface area contributed by atoms with Crippen LogP contribution in [0.3, 0.4) is 0 Å². The van der Waals surface area contributed by atoms with Gasteiger partial charge in [0.1, 0.15) is 12.6 Å². The Labute approximate surface area is 113 Å². The van der Waals surface area contributed by atoms with Gasteiger partial charge < -0.3 is 4.90 Å². The largest absolute Gasteiger partial charge is 0.321 e. The molecule has 1 saturated heterocycles. The monoisotopic (exact) mass is 282 g/mol. The molecule has 1 heterocycles. The van der Waals surface area contributed by atoms with E-state index in [1.54, 1.807) is 0 Å². The molecule has 0 spiro atoms. The van der Waals surface area contributed by atoms with Crippen LogP contribution in [-0.4, -0.2) is 35.2 Å². The Balaban J connectivity index is 2.17. The van der Waals surface area contributed by atoms with E-state index in [0.29, 0.717) is 0 Å². The highest BCUT2D eigenvalue weighted by molar-refractivity contribution is 6.04. The number of nitrogens with one attached hydrogen (secondary N) is 1. The average molecular weight is 282 g/mol. The van der Waals surface area contributed by atoms with Crippen molar-refractivity contribution in [3.05, 3.63) is 35.4 Å². The Morgan fingerprint density at radius 2 is 2.10 bits per heavy atom. The van der Waals surface area contributed by atoms with Crippen LogP contribution in [0.5, 0.6) is 0 Å². The summed E-state index contributed by atoms with van der Waals surface area (Å²) < 4.78 is 26.5. The van der Waals surface area contributed by atoms with E-state index in [1.807, 2.05) is 0 Å². The van der Waals surface area contributed by atoms with Crippen LogP contribution >= 0.6 is 0 Å². The number of amides is 3. The lowest BCUT2D eigenvalue weighted by molar-refractivity contribution is -0.149. The molecule has 1 aromatic rings. The summed E-state index contributed by atoms with van der Waals surface area (Å²) in [5.41, 5.74) is -0.111. The van der Waals surface area contributed by atoms with Crippen LogP contribution in [0.1, 0.15) is 12.5 Å². The maximum atomic E-state index is 13.5. The van der Waals surface area contributed by atoms with Crippen molar-refractivity contribution < 1.29 is 23.2 Å². The fraction of sp³-hybridized carbons (Fsp3) is 0.308. The normalized spacial score (nSPS) is 18.9. The number of carbonyl (C=O) groups is 3. The van der Waals surface area contributed by atoms with Gasteiger partial charge in [0.05, 0.1) is 6.42 Å². The van der Waals surface area contributed by atoms with E-state index in [2.05, 4.69) is 5.32 Å². The number of hydrogen-bond acceptors (Lipinski definition) is 3. The van der Waals surface area contributed by atoms with Crippen LogP contribution in [0.2, 0.25) is 0 Å². The van der Waals surface area contributed by atoms with Crippen LogP contribution in [0.15, 0.2) is 18.2 Å². The van der Waals surface area contributed by atoms with Gasteiger partial charge in [0.25, 0.3) is 0 Å². The molecular weight excluding hydrogens is 270 g/mol. The molecule has 20 heavy (non-hydrogen) atoms. The molecule has 1 N–H and O–H groups in total. The van der Waals surface area contributed by atoms with Crippen LogP contribution in [0, 0.1) is 11.6 Å². The second-order valence-electron chi connectivity index (χ2n) is 4.50. The zero-order chi connectivity index (χ0) is 14.9. The maximum absolute atomic E-state index is 13.5. The molecule has 0 radical (unpaired) electrons. The summed E-state index contributed by atoms with van der Waals surface area (Å²) in [6.45, 7) is 1.18. The predicted molar refractivity (Wildman–Crippen MR) is 64.4 cm³/mol. The first-order chi connectivity index (χ1) is 9.40. The Morgan fingerprint density at radius 1 is 1.40 bits per heavy atom. The Hall–Kier alpha value is -2.31. The molecule has 0 aromatic heterocycles. The van der Waals surface area contributed by atoms with Gasteiger partial charge in [-0.05, 0) is 13.0 Å². The van der Waals surface area contributed by atoms with E-state index >= 15 is 0 Å². The summed E-state index contributed by atoms with van der Waals surface area (Å²) in [4.78, 5) is 35.8. The Morgan fingerprint density at radius 3 is 2.80 bits per heavy atom. The van der Waals surface area contributed by atoms with E-state index in [4.69, 9.17) is 0 Å². The van der Waals surface area contributed by atoms with Crippen molar-refractivity contribution >= 4 is 17.7 Å². The van der Waals surface area contributed by atoms with Gasteiger partial charge in [0.2, 0.25) is 17.7 Å². The van der Waals surface area contributed by atoms with Crippen molar-refractivity contribution in [3.63, 3.8) is 0 Å². The zero-order valence-corrected chi connectivity index (χ0v) is 10.7. The molecule has 1 aromatic carbocycles. The number of piperazine rings is 1. The third-order valence-corrected chi connectivity index (χ3v) is 3.12. The second-order valence-corrected chi connectivity index (χ2v) is 4.50. The van der Waals surface area contributed by atoms with E-state index in [0.717, 1.165) is 11.0 Å². The molecule has 7 heteroatoms.